The molecule has 0 saturated carbocycles. The number of ketones is 1. The zero-order chi connectivity index (χ0) is 27.5. The van der Waals surface area contributed by atoms with E-state index in [-0.39, 0.29) is 30.1 Å². The summed E-state index contributed by atoms with van der Waals surface area (Å²) in [7, 11) is 1.00. The lowest BCUT2D eigenvalue weighted by atomic mass is 9.74. The van der Waals surface area contributed by atoms with Crippen LogP contribution in [0.15, 0.2) is 34.8 Å². The van der Waals surface area contributed by atoms with E-state index in [0.717, 1.165) is 36.2 Å². The van der Waals surface area contributed by atoms with Crippen molar-refractivity contribution in [1.29, 1.82) is 0 Å². The molecule has 4 unspecified atom stereocenters. The molecule has 1 aromatic heterocycles. The number of thiazole rings is 1. The molecule has 1 amide bonds. The fraction of sp³-hybridized carbons (Fsp3) is 0.621. The minimum atomic E-state index is -0.705. The van der Waals surface area contributed by atoms with Crippen molar-refractivity contribution in [3.63, 3.8) is 0 Å². The number of nitrogens with zero attached hydrogens (tertiary/aromatic N) is 1. The Morgan fingerprint density at radius 1 is 1.17 bits per heavy atom. The molecule has 1 aliphatic rings. The molecule has 4 atom stereocenters. The number of carbonyl (C=O) groups is 2. The van der Waals surface area contributed by atoms with Crippen molar-refractivity contribution in [3.05, 3.63) is 45.5 Å². The number of hydrogen-bond acceptors (Lipinski definition) is 6. The van der Waals surface area contributed by atoms with E-state index in [0.29, 0.717) is 12.8 Å². The van der Waals surface area contributed by atoms with Crippen molar-refractivity contribution in [1.82, 2.24) is 10.3 Å². The summed E-state index contributed by atoms with van der Waals surface area (Å²) in [5, 5.41) is 24.0. The molecule has 0 aliphatic carbocycles. The van der Waals surface area contributed by atoms with Gasteiger partial charge in [0.05, 0.1) is 22.8 Å². The van der Waals surface area contributed by atoms with Gasteiger partial charge in [-0.15, -0.1) is 11.3 Å². The number of nitrogens with one attached hydrogen (secondary N) is 1. The predicted octanol–water partition coefficient (Wildman–Crippen LogP) is 5.64. The summed E-state index contributed by atoms with van der Waals surface area (Å²) in [5.41, 5.74) is 2.51. The highest BCUT2D eigenvalue weighted by Crippen LogP contribution is 2.31. The van der Waals surface area contributed by atoms with Crippen LogP contribution in [-0.4, -0.2) is 46.1 Å². The van der Waals surface area contributed by atoms with Crippen LogP contribution in [0, 0.1) is 24.2 Å². The van der Waals surface area contributed by atoms with Crippen LogP contribution in [0.25, 0.3) is 6.08 Å². The van der Waals surface area contributed by atoms with Crippen molar-refractivity contribution in [2.75, 3.05) is 7.11 Å². The van der Waals surface area contributed by atoms with Gasteiger partial charge in [-0.1, -0.05) is 51.5 Å². The van der Waals surface area contributed by atoms with Crippen LogP contribution in [-0.2, 0) is 9.59 Å². The standard InChI is InChI=1S/C28H42N2O3S.CH4O/c1-18-10-8-9-11-19(2)26(32)21(4)27(33)28(6,7)15-14-25(31)30-24(13-12-18)20(3)16-23-17-34-22(5)29-23;1-2/h8-9,12,16-17,19,21,24,26,32H,10-11,13-15H2,1-7H3,(H,30,31);2H,1H3/b9-8-,18-12-,20-16+;. The maximum atomic E-state index is 13.2. The topological polar surface area (TPSA) is 99.5 Å². The molecule has 0 radical (unpaired) electrons. The lowest BCUT2D eigenvalue weighted by Gasteiger charge is -2.31. The van der Waals surface area contributed by atoms with Gasteiger partial charge < -0.3 is 15.5 Å². The van der Waals surface area contributed by atoms with E-state index in [9.17, 15) is 14.7 Å². The number of Topliss-reactive ketones (excluding diaryl/α,β-unsaturated/α-hetero) is 1. The average molecular weight is 519 g/mol. The number of rotatable bonds is 2. The smallest absolute Gasteiger partial charge is 0.220 e. The Morgan fingerprint density at radius 3 is 2.44 bits per heavy atom. The summed E-state index contributed by atoms with van der Waals surface area (Å²) < 4.78 is 0. The number of hydrogen-bond donors (Lipinski definition) is 3. The third kappa shape index (κ3) is 10.1. The minimum Gasteiger partial charge on any atom is -0.400 e. The van der Waals surface area contributed by atoms with Gasteiger partial charge in [0, 0.05) is 30.2 Å². The van der Waals surface area contributed by atoms with E-state index >= 15 is 0 Å². The van der Waals surface area contributed by atoms with Crippen LogP contribution in [0.1, 0.15) is 84.3 Å². The first-order valence-electron chi connectivity index (χ1n) is 12.8. The molecule has 3 N–H and O–H groups in total. The second-order valence-electron chi connectivity index (χ2n) is 10.5. The van der Waals surface area contributed by atoms with Gasteiger partial charge in [0.2, 0.25) is 5.91 Å². The molecule has 0 bridgehead atoms. The normalized spacial score (nSPS) is 29.2. The number of amides is 1. The quantitative estimate of drug-likeness (QED) is 0.440. The van der Waals surface area contributed by atoms with Crippen LogP contribution < -0.4 is 5.32 Å². The fourth-order valence-electron chi connectivity index (χ4n) is 4.34. The summed E-state index contributed by atoms with van der Waals surface area (Å²) >= 11 is 1.61. The highest BCUT2D eigenvalue weighted by atomic mass is 32.1. The van der Waals surface area contributed by atoms with Gasteiger partial charge in [0.25, 0.3) is 0 Å². The average Bonchev–Trinajstić information content (AvgIpc) is 3.26. The molecule has 0 saturated heterocycles. The molecule has 6 nitrogen and oxygen atoms in total. The first kappa shape index (κ1) is 31.9. The summed E-state index contributed by atoms with van der Waals surface area (Å²) in [6.07, 6.45) is 10.7. The first-order valence-corrected chi connectivity index (χ1v) is 13.7. The second-order valence-corrected chi connectivity index (χ2v) is 11.6. The SMILES string of the molecule is C/C1=C/CC(/C(C)=C/c2csc(C)n2)NC(=O)CCC(C)(C)C(=O)C(C)C(O)C(C)C/C=C\C1.CO. The van der Waals surface area contributed by atoms with E-state index < -0.39 is 17.4 Å². The molecule has 1 aromatic rings. The van der Waals surface area contributed by atoms with E-state index in [2.05, 4.69) is 35.5 Å². The molecule has 7 heteroatoms. The number of carbonyl (C=O) groups excluding carboxylic acids is 2. The Morgan fingerprint density at radius 2 is 1.83 bits per heavy atom. The molecule has 36 heavy (non-hydrogen) atoms. The van der Waals surface area contributed by atoms with Gasteiger partial charge >= 0.3 is 0 Å². The maximum Gasteiger partial charge on any atom is 0.220 e. The Kier molecular flexibility index (Phi) is 13.5. The molecule has 202 valence electrons. The molecule has 1 aliphatic heterocycles. The number of aliphatic hydroxyl groups excluding tert-OH is 2. The van der Waals surface area contributed by atoms with Crippen molar-refractivity contribution < 1.29 is 19.8 Å². The molecular weight excluding hydrogens is 472 g/mol. The highest BCUT2D eigenvalue weighted by molar-refractivity contribution is 7.09. The Balaban J connectivity index is 0.00000316. The first-order chi connectivity index (χ1) is 16.9. The van der Waals surface area contributed by atoms with E-state index in [1.165, 1.54) is 5.57 Å². The number of aryl methyl sites for hydroxylation is 1. The van der Waals surface area contributed by atoms with Gasteiger partial charge in [-0.25, -0.2) is 4.98 Å². The number of aromatic nitrogens is 1. The highest BCUT2D eigenvalue weighted by Gasteiger charge is 2.36. The third-order valence-electron chi connectivity index (χ3n) is 6.87. The monoisotopic (exact) mass is 518 g/mol. The number of aliphatic hydroxyl groups is 2. The molecule has 0 aromatic carbocycles. The van der Waals surface area contributed by atoms with Crippen molar-refractivity contribution in [3.8, 4) is 0 Å². The van der Waals surface area contributed by atoms with Crippen LogP contribution in [0.2, 0.25) is 0 Å². The van der Waals surface area contributed by atoms with Crippen molar-refractivity contribution >= 4 is 29.1 Å². The lowest BCUT2D eigenvalue weighted by Crippen LogP contribution is -2.40. The Labute approximate surface area is 221 Å². The van der Waals surface area contributed by atoms with Gasteiger partial charge in [-0.3, -0.25) is 9.59 Å². The molecular formula is C29H46N2O4S. The predicted molar refractivity (Wildman–Crippen MR) is 150 cm³/mol. The summed E-state index contributed by atoms with van der Waals surface area (Å²) in [6.45, 7) is 13.7. The third-order valence-corrected chi connectivity index (χ3v) is 7.66. The lowest BCUT2D eigenvalue weighted by molar-refractivity contribution is -0.136. The Bertz CT molecular complexity index is 945. The van der Waals surface area contributed by atoms with Crippen molar-refractivity contribution in [2.24, 2.45) is 17.3 Å². The zero-order valence-corrected chi connectivity index (χ0v) is 24.1. The van der Waals surface area contributed by atoms with E-state index in [1.54, 1.807) is 18.3 Å². The van der Waals surface area contributed by atoms with Crippen LogP contribution in [0.3, 0.4) is 0 Å². The molecule has 2 rings (SSSR count). The maximum absolute atomic E-state index is 13.2. The second kappa shape index (κ2) is 15.2. The van der Waals surface area contributed by atoms with Crippen molar-refractivity contribution in [2.45, 2.75) is 92.7 Å². The van der Waals surface area contributed by atoms with E-state index in [4.69, 9.17) is 5.11 Å². The van der Waals surface area contributed by atoms with Gasteiger partial charge in [-0.05, 0) is 64.0 Å². The zero-order valence-electron chi connectivity index (χ0n) is 23.3. The molecule has 2 heterocycles. The Hall–Kier alpha value is -2.09. The molecule has 0 fully saturated rings. The molecule has 0 spiro atoms. The van der Waals surface area contributed by atoms with Gasteiger partial charge in [-0.2, -0.15) is 0 Å². The van der Waals surface area contributed by atoms with Gasteiger partial charge in [0.1, 0.15) is 5.78 Å². The van der Waals surface area contributed by atoms with Crippen LogP contribution in [0.5, 0.6) is 0 Å². The van der Waals surface area contributed by atoms with Gasteiger partial charge in [0.15, 0.2) is 0 Å². The summed E-state index contributed by atoms with van der Waals surface area (Å²) in [5.74, 6) is -0.541. The number of allylic oxidation sites excluding steroid dienone is 3. The largest absolute Gasteiger partial charge is 0.400 e. The minimum absolute atomic E-state index is 0.0111. The van der Waals surface area contributed by atoms with Crippen LogP contribution >= 0.6 is 11.3 Å². The van der Waals surface area contributed by atoms with Crippen LogP contribution in [0.4, 0.5) is 0 Å². The fourth-order valence-corrected chi connectivity index (χ4v) is 4.91. The van der Waals surface area contributed by atoms with E-state index in [1.807, 2.05) is 46.1 Å². The summed E-state index contributed by atoms with van der Waals surface area (Å²) in [4.78, 5) is 30.6. The summed E-state index contributed by atoms with van der Waals surface area (Å²) in [6, 6.07) is -0.135.